The lowest BCUT2D eigenvalue weighted by Crippen LogP contribution is -2.17. The summed E-state index contributed by atoms with van der Waals surface area (Å²) in [6.07, 6.45) is 0. The lowest BCUT2D eigenvalue weighted by molar-refractivity contribution is 0.100. The number of amides is 1. The van der Waals surface area contributed by atoms with Gasteiger partial charge in [0.1, 0.15) is 0 Å². The first-order valence-electron chi connectivity index (χ1n) is 4.58. The second kappa shape index (κ2) is 5.21. The smallest absolute Gasteiger partial charge is 0.250 e. The Balaban J connectivity index is 2.87. The Hall–Kier alpha value is -1.75. The van der Waals surface area contributed by atoms with Crippen molar-refractivity contribution in [2.75, 3.05) is 31.3 Å². The number of methoxy groups -OCH3 is 1. The Morgan fingerprint density at radius 2 is 2.27 bits per heavy atom. The van der Waals surface area contributed by atoms with Crippen LogP contribution >= 0.6 is 0 Å². The molecule has 1 aromatic rings. The van der Waals surface area contributed by atoms with E-state index in [-0.39, 0.29) is 0 Å². The first-order valence-corrected chi connectivity index (χ1v) is 4.58. The summed E-state index contributed by atoms with van der Waals surface area (Å²) in [6.45, 7) is 1.11. The van der Waals surface area contributed by atoms with Crippen LogP contribution in [0.5, 0.6) is 0 Å². The number of nitrogens with one attached hydrogen (secondary N) is 1. The Labute approximate surface area is 88.4 Å². The Morgan fingerprint density at radius 1 is 1.53 bits per heavy atom. The molecule has 0 heterocycles. The average Bonchev–Trinajstić information content (AvgIpc) is 2.20. The second-order valence-electron chi connectivity index (χ2n) is 3.05. The van der Waals surface area contributed by atoms with Crippen LogP contribution in [-0.4, -0.2) is 26.2 Å². The molecule has 5 N–H and O–H groups in total. The number of carbonyl (C=O) groups is 1. The van der Waals surface area contributed by atoms with E-state index in [1.165, 1.54) is 0 Å². The van der Waals surface area contributed by atoms with Crippen molar-refractivity contribution >= 4 is 17.3 Å². The molecule has 0 saturated heterocycles. The Morgan fingerprint density at radius 3 is 2.87 bits per heavy atom. The molecule has 5 nitrogen and oxygen atoms in total. The van der Waals surface area contributed by atoms with Crippen LogP contribution in [0, 0.1) is 0 Å². The fraction of sp³-hybridized carbons (Fsp3) is 0.300. The van der Waals surface area contributed by atoms with Crippen LogP contribution in [0.3, 0.4) is 0 Å². The third kappa shape index (κ3) is 2.85. The van der Waals surface area contributed by atoms with E-state index in [2.05, 4.69) is 5.32 Å². The highest BCUT2D eigenvalue weighted by atomic mass is 16.5. The molecule has 1 aromatic carbocycles. The van der Waals surface area contributed by atoms with Crippen molar-refractivity contribution < 1.29 is 9.53 Å². The summed E-state index contributed by atoms with van der Waals surface area (Å²) in [5.41, 5.74) is 12.4. The van der Waals surface area contributed by atoms with Crippen molar-refractivity contribution in [1.82, 2.24) is 0 Å². The van der Waals surface area contributed by atoms with Crippen LogP contribution in [-0.2, 0) is 4.74 Å². The number of anilines is 2. The van der Waals surface area contributed by atoms with Gasteiger partial charge in [0, 0.05) is 13.7 Å². The van der Waals surface area contributed by atoms with E-state index in [4.69, 9.17) is 16.2 Å². The summed E-state index contributed by atoms with van der Waals surface area (Å²) in [5, 5.41) is 3.01. The van der Waals surface area contributed by atoms with Crippen molar-refractivity contribution in [2.24, 2.45) is 5.73 Å². The minimum atomic E-state index is -0.498. The molecule has 0 spiro atoms. The summed E-state index contributed by atoms with van der Waals surface area (Å²) >= 11 is 0. The summed E-state index contributed by atoms with van der Waals surface area (Å²) < 4.78 is 4.88. The summed E-state index contributed by atoms with van der Waals surface area (Å²) in [6, 6.07) is 5.03. The zero-order chi connectivity index (χ0) is 11.3. The number of primary amides is 1. The number of nitrogens with two attached hydrogens (primary N) is 2. The predicted molar refractivity (Wildman–Crippen MR) is 59.7 cm³/mol. The SMILES string of the molecule is COCCNc1c(N)cccc1C(N)=O. The molecule has 0 fully saturated rings. The maximum atomic E-state index is 11.1. The van der Waals surface area contributed by atoms with E-state index in [9.17, 15) is 4.79 Å². The molecule has 0 aliphatic carbocycles. The minimum absolute atomic E-state index is 0.395. The lowest BCUT2D eigenvalue weighted by atomic mass is 10.1. The van der Waals surface area contributed by atoms with Gasteiger partial charge in [-0.25, -0.2) is 0 Å². The van der Waals surface area contributed by atoms with E-state index >= 15 is 0 Å². The first-order chi connectivity index (χ1) is 7.16. The summed E-state index contributed by atoms with van der Waals surface area (Å²) in [4.78, 5) is 11.1. The Kier molecular flexibility index (Phi) is 3.93. The lowest BCUT2D eigenvalue weighted by Gasteiger charge is -2.11. The van der Waals surface area contributed by atoms with Crippen molar-refractivity contribution in [3.8, 4) is 0 Å². The predicted octanol–water partition coefficient (Wildman–Crippen LogP) is 0.426. The van der Waals surface area contributed by atoms with Gasteiger partial charge in [0.15, 0.2) is 0 Å². The van der Waals surface area contributed by atoms with Gasteiger partial charge in [0.05, 0.1) is 23.5 Å². The first kappa shape index (κ1) is 11.3. The quantitative estimate of drug-likeness (QED) is 0.484. The van der Waals surface area contributed by atoms with Crippen LogP contribution in [0.2, 0.25) is 0 Å². The molecule has 5 heteroatoms. The second-order valence-corrected chi connectivity index (χ2v) is 3.05. The fourth-order valence-corrected chi connectivity index (χ4v) is 1.25. The molecular formula is C10H15N3O2. The summed E-state index contributed by atoms with van der Waals surface area (Å²) in [5.74, 6) is -0.498. The van der Waals surface area contributed by atoms with Gasteiger partial charge >= 0.3 is 0 Å². The number of ether oxygens (including phenoxy) is 1. The molecule has 0 aliphatic rings. The molecule has 1 amide bonds. The van der Waals surface area contributed by atoms with Gasteiger partial charge in [-0.1, -0.05) is 6.07 Å². The van der Waals surface area contributed by atoms with Crippen LogP contribution in [0.1, 0.15) is 10.4 Å². The molecule has 0 bridgehead atoms. The van der Waals surface area contributed by atoms with E-state index < -0.39 is 5.91 Å². The topological polar surface area (TPSA) is 90.4 Å². The zero-order valence-corrected chi connectivity index (χ0v) is 8.62. The van der Waals surface area contributed by atoms with Gasteiger partial charge in [-0.15, -0.1) is 0 Å². The highest BCUT2D eigenvalue weighted by Crippen LogP contribution is 2.22. The van der Waals surface area contributed by atoms with E-state index in [1.54, 1.807) is 25.3 Å². The van der Waals surface area contributed by atoms with Gasteiger partial charge in [0.2, 0.25) is 0 Å². The molecule has 0 aliphatic heterocycles. The normalized spacial score (nSPS) is 9.93. The number of benzene rings is 1. The van der Waals surface area contributed by atoms with Crippen LogP contribution < -0.4 is 16.8 Å². The molecule has 0 atom stereocenters. The van der Waals surface area contributed by atoms with Gasteiger partial charge < -0.3 is 21.5 Å². The van der Waals surface area contributed by atoms with Crippen LogP contribution in [0.4, 0.5) is 11.4 Å². The number of rotatable bonds is 5. The Bertz CT molecular complexity index is 353. The molecule has 0 unspecified atom stereocenters. The monoisotopic (exact) mass is 209 g/mol. The van der Waals surface area contributed by atoms with Crippen molar-refractivity contribution in [2.45, 2.75) is 0 Å². The molecule has 82 valence electrons. The third-order valence-corrected chi connectivity index (χ3v) is 1.97. The van der Waals surface area contributed by atoms with Crippen molar-refractivity contribution in [1.29, 1.82) is 0 Å². The van der Waals surface area contributed by atoms with Gasteiger partial charge in [-0.2, -0.15) is 0 Å². The van der Waals surface area contributed by atoms with Crippen molar-refractivity contribution in [3.05, 3.63) is 23.8 Å². The number of hydrogen-bond acceptors (Lipinski definition) is 4. The molecule has 15 heavy (non-hydrogen) atoms. The number of carbonyl (C=O) groups excluding carboxylic acids is 1. The highest BCUT2D eigenvalue weighted by Gasteiger charge is 2.09. The average molecular weight is 209 g/mol. The maximum absolute atomic E-state index is 11.1. The van der Waals surface area contributed by atoms with Gasteiger partial charge in [0.25, 0.3) is 5.91 Å². The summed E-state index contributed by atoms with van der Waals surface area (Å²) in [7, 11) is 1.60. The maximum Gasteiger partial charge on any atom is 0.250 e. The van der Waals surface area contributed by atoms with E-state index in [0.29, 0.717) is 30.1 Å². The molecule has 0 saturated carbocycles. The van der Waals surface area contributed by atoms with Gasteiger partial charge in [-0.05, 0) is 12.1 Å². The molecule has 1 rings (SSSR count). The molecule has 0 radical (unpaired) electrons. The van der Waals surface area contributed by atoms with Crippen LogP contribution in [0.15, 0.2) is 18.2 Å². The number of para-hydroxylation sites is 1. The number of nitrogen functional groups attached to an aromatic ring is 1. The van der Waals surface area contributed by atoms with Crippen LogP contribution in [0.25, 0.3) is 0 Å². The van der Waals surface area contributed by atoms with Crippen molar-refractivity contribution in [3.63, 3.8) is 0 Å². The zero-order valence-electron chi connectivity index (χ0n) is 8.62. The third-order valence-electron chi connectivity index (χ3n) is 1.97. The highest BCUT2D eigenvalue weighted by molar-refractivity contribution is 6.01. The molecular weight excluding hydrogens is 194 g/mol. The largest absolute Gasteiger partial charge is 0.397 e. The molecule has 0 aromatic heterocycles. The standard InChI is InChI=1S/C10H15N3O2/c1-15-6-5-13-9-7(10(12)14)3-2-4-8(9)11/h2-4,13H,5-6,11H2,1H3,(H2,12,14). The van der Waals surface area contributed by atoms with Gasteiger partial charge in [-0.3, -0.25) is 4.79 Å². The minimum Gasteiger partial charge on any atom is -0.397 e. The number of hydrogen-bond donors (Lipinski definition) is 3. The van der Waals surface area contributed by atoms with E-state index in [0.717, 1.165) is 0 Å². The fourth-order valence-electron chi connectivity index (χ4n) is 1.25. The van der Waals surface area contributed by atoms with E-state index in [1.807, 2.05) is 0 Å².